The number of para-hydroxylation sites is 4. The zero-order valence-electron chi connectivity index (χ0n) is 48.7. The van der Waals surface area contributed by atoms with E-state index in [1.807, 2.05) is 103 Å². The van der Waals surface area contributed by atoms with Gasteiger partial charge < -0.3 is 27.7 Å². The van der Waals surface area contributed by atoms with Crippen LogP contribution in [0.4, 0.5) is 0 Å². The minimum atomic E-state index is -1.48. The van der Waals surface area contributed by atoms with Gasteiger partial charge in [-0.15, -0.1) is 0 Å². The molecule has 2 N–H and O–H groups in total. The van der Waals surface area contributed by atoms with Crippen LogP contribution in [-0.4, -0.2) is 37.1 Å². The number of nitrogens with zero attached hydrogens (tertiary/aromatic N) is 4. The highest BCUT2D eigenvalue weighted by molar-refractivity contribution is 6.58. The quantitative estimate of drug-likeness (QED) is 0.129. The predicted molar refractivity (Wildman–Crippen MR) is 376 cm³/mol. The summed E-state index contributed by atoms with van der Waals surface area (Å²) in [6.45, 7) is 0. The summed E-state index contributed by atoms with van der Waals surface area (Å²) in [4.78, 5) is 20.1. The Labute approximate surface area is 527 Å². The summed E-state index contributed by atoms with van der Waals surface area (Å²) in [5.41, 5.74) is 17.8. The SMILES string of the molecule is Clc1ccc2oc3nc4c5ccccc5c5ccccc5c4nc3c2c1.OB(O)c1cccc(-c2cccc3c2oc2ccccc23)c1.c1cc(-c2ccc3oc4nc5c6ccccc6c6ccccc6c5nc4c3c2)cc(-c2cccc3c2oc2ccccc23)c1. The number of benzene rings is 14. The molecule has 0 saturated carbocycles. The maximum absolute atomic E-state index is 9.35. The van der Waals surface area contributed by atoms with Gasteiger partial charge >= 0.3 is 7.12 Å². The third kappa shape index (κ3) is 8.66. The minimum Gasteiger partial charge on any atom is -0.455 e. The fourth-order valence-electron chi connectivity index (χ4n) is 13.4. The zero-order valence-corrected chi connectivity index (χ0v) is 49.4. The first kappa shape index (κ1) is 53.3. The van der Waals surface area contributed by atoms with Gasteiger partial charge in [0.2, 0.25) is 11.4 Å². The number of furan rings is 4. The van der Waals surface area contributed by atoms with E-state index in [1.165, 1.54) is 21.5 Å². The van der Waals surface area contributed by atoms with Crippen LogP contribution < -0.4 is 5.46 Å². The van der Waals surface area contributed by atoms with E-state index >= 15 is 0 Å². The molecule has 0 saturated heterocycles. The second-order valence-corrected chi connectivity index (χ2v) is 23.5. The van der Waals surface area contributed by atoms with Crippen molar-refractivity contribution < 1.29 is 27.7 Å². The number of hydrogen-bond donors (Lipinski definition) is 2. The summed E-state index contributed by atoms with van der Waals surface area (Å²) in [6.07, 6.45) is 0. The van der Waals surface area contributed by atoms with Crippen LogP contribution >= 0.6 is 11.6 Å². The predicted octanol–water partition coefficient (Wildman–Crippen LogP) is 20.5. The Bertz CT molecular complexity index is 6430. The van der Waals surface area contributed by atoms with Crippen LogP contribution in [0, 0.1) is 0 Å². The molecule has 0 fully saturated rings. The summed E-state index contributed by atoms with van der Waals surface area (Å²) >= 11 is 6.18. The molecule has 6 heterocycles. The van der Waals surface area contributed by atoms with Gasteiger partial charge in [0, 0.05) is 64.6 Å². The van der Waals surface area contributed by atoms with Crippen molar-refractivity contribution in [2.75, 3.05) is 0 Å². The molecule has 14 aromatic carbocycles. The molecule has 6 aromatic heterocycles. The van der Waals surface area contributed by atoms with Crippen molar-refractivity contribution in [2.45, 2.75) is 0 Å². The lowest BCUT2D eigenvalue weighted by molar-refractivity contribution is 0.426. The molecule has 0 atom stereocenters. The zero-order chi connectivity index (χ0) is 61.1. The van der Waals surface area contributed by atoms with Crippen LogP contribution in [0.25, 0.3) is 187 Å². The lowest BCUT2D eigenvalue weighted by Gasteiger charge is -2.08. The van der Waals surface area contributed by atoms with Gasteiger partial charge in [-0.05, 0) is 97.8 Å². The molecular formula is C80H46BClN4O6. The molecule has 92 heavy (non-hydrogen) atoms. The topological polar surface area (TPSA) is 145 Å². The van der Waals surface area contributed by atoms with E-state index in [1.54, 1.807) is 12.1 Å². The number of hydrogen-bond acceptors (Lipinski definition) is 10. The third-order valence-electron chi connectivity index (χ3n) is 17.7. The Morgan fingerprint density at radius 3 is 1.13 bits per heavy atom. The van der Waals surface area contributed by atoms with Crippen LogP contribution in [-0.2, 0) is 0 Å². The van der Waals surface area contributed by atoms with E-state index in [2.05, 4.69) is 152 Å². The molecule has 0 bridgehead atoms. The molecule has 10 nitrogen and oxygen atoms in total. The van der Waals surface area contributed by atoms with E-state index in [4.69, 9.17) is 49.2 Å². The highest BCUT2D eigenvalue weighted by Gasteiger charge is 2.21. The number of halogens is 1. The Hall–Kier alpha value is -11.7. The molecule has 20 aromatic rings. The van der Waals surface area contributed by atoms with E-state index in [0.29, 0.717) is 21.9 Å². The average molecular weight is 1210 g/mol. The van der Waals surface area contributed by atoms with Crippen molar-refractivity contribution in [2.24, 2.45) is 0 Å². The van der Waals surface area contributed by atoms with Crippen molar-refractivity contribution >= 4 is 178 Å². The van der Waals surface area contributed by atoms with Crippen molar-refractivity contribution in [1.29, 1.82) is 0 Å². The Balaban J connectivity index is 0.000000111. The third-order valence-corrected chi connectivity index (χ3v) is 17.9. The fourth-order valence-corrected chi connectivity index (χ4v) is 13.6. The first-order valence-corrected chi connectivity index (χ1v) is 30.6. The Morgan fingerprint density at radius 2 is 0.630 bits per heavy atom. The Kier molecular flexibility index (Phi) is 12.3. The standard InChI is InChI=1S/C40H22N2O2.C22H11ClN2O.C18H13BO3/c1-3-14-30-27(11-1)28-12-2-4-15-31(28)37-36(30)41-38-33-22-24(19-20-35(33)44-40(38)42-37)23-9-7-10-25(21-23)26-16-8-17-32-29-13-5-6-18-34(29)43-39(26)32;23-12-9-10-18-17(11-12)21-22(26-18)25-20-16-8-4-2-6-14(16)13-5-1-3-7-15(13)19(20)24-21;20-19(21)13-6-3-5-12(11-13)14-8-4-9-16-15-7-1-2-10-17(15)22-18(14)16/h1-22H;1-11H;1-11,20-21H. The van der Waals surface area contributed by atoms with E-state index in [9.17, 15) is 10.0 Å². The molecule has 20 rings (SSSR count). The van der Waals surface area contributed by atoms with Gasteiger partial charge in [-0.3, -0.25) is 0 Å². The van der Waals surface area contributed by atoms with Crippen LogP contribution in [0.1, 0.15) is 0 Å². The first-order valence-electron chi connectivity index (χ1n) is 30.2. The largest absolute Gasteiger partial charge is 0.488 e. The molecule has 0 unspecified atom stereocenters. The van der Waals surface area contributed by atoms with Crippen LogP contribution in [0.5, 0.6) is 0 Å². The average Bonchev–Trinajstić information content (AvgIpc) is 1.19. The molecule has 0 spiro atoms. The molecule has 0 aliphatic rings. The first-order chi connectivity index (χ1) is 45.3. The molecule has 432 valence electrons. The minimum absolute atomic E-state index is 0.464. The van der Waals surface area contributed by atoms with Gasteiger partial charge in [0.25, 0.3) is 0 Å². The second-order valence-electron chi connectivity index (χ2n) is 23.0. The molecule has 0 radical (unpaired) electrons. The van der Waals surface area contributed by atoms with E-state index in [0.717, 1.165) is 154 Å². The molecule has 12 heteroatoms. The lowest BCUT2D eigenvalue weighted by atomic mass is 9.79. The van der Waals surface area contributed by atoms with Gasteiger partial charge in [0.1, 0.15) is 55.6 Å². The molecule has 0 aliphatic carbocycles. The molecule has 0 amide bonds. The summed E-state index contributed by atoms with van der Waals surface area (Å²) in [6, 6.07) is 89.6. The smallest absolute Gasteiger partial charge is 0.455 e. The Morgan fingerprint density at radius 1 is 0.261 bits per heavy atom. The maximum Gasteiger partial charge on any atom is 0.488 e. The number of fused-ring (bicyclic) bond motifs is 24. The number of aromatic nitrogens is 4. The van der Waals surface area contributed by atoms with Crippen LogP contribution in [0.15, 0.2) is 285 Å². The van der Waals surface area contributed by atoms with E-state index < -0.39 is 7.12 Å². The molecule has 0 aliphatic heterocycles. The van der Waals surface area contributed by atoms with Gasteiger partial charge in [0.05, 0.1) is 16.4 Å². The fraction of sp³-hybridized carbons (Fsp3) is 0. The van der Waals surface area contributed by atoms with Crippen molar-refractivity contribution in [3.05, 3.63) is 272 Å². The van der Waals surface area contributed by atoms with Gasteiger partial charge in [-0.1, -0.05) is 230 Å². The van der Waals surface area contributed by atoms with Gasteiger partial charge in [-0.2, -0.15) is 0 Å². The van der Waals surface area contributed by atoms with Crippen LogP contribution in [0.3, 0.4) is 0 Å². The summed E-state index contributed by atoms with van der Waals surface area (Å²) in [5.74, 6) is 0. The normalized spacial score (nSPS) is 11.9. The van der Waals surface area contributed by atoms with Crippen molar-refractivity contribution in [3.63, 3.8) is 0 Å². The molecular weight excluding hydrogens is 1160 g/mol. The second kappa shape index (κ2) is 21.2. The highest BCUT2D eigenvalue weighted by Crippen LogP contribution is 2.42. The van der Waals surface area contributed by atoms with E-state index in [-0.39, 0.29) is 0 Å². The summed E-state index contributed by atoms with van der Waals surface area (Å²) < 4.78 is 24.6. The van der Waals surface area contributed by atoms with Gasteiger partial charge in [0.15, 0.2) is 0 Å². The number of rotatable bonds is 4. The van der Waals surface area contributed by atoms with Gasteiger partial charge in [-0.25, -0.2) is 19.9 Å². The van der Waals surface area contributed by atoms with Crippen LogP contribution in [0.2, 0.25) is 5.02 Å². The van der Waals surface area contributed by atoms with Crippen molar-refractivity contribution in [1.82, 2.24) is 19.9 Å². The maximum atomic E-state index is 9.35. The summed E-state index contributed by atoms with van der Waals surface area (Å²) in [7, 11) is -1.48. The lowest BCUT2D eigenvalue weighted by Crippen LogP contribution is -2.29. The monoisotopic (exact) mass is 1200 g/mol. The summed E-state index contributed by atoms with van der Waals surface area (Å²) in [5, 5.41) is 34.6. The van der Waals surface area contributed by atoms with Crippen molar-refractivity contribution in [3.8, 4) is 33.4 Å². The highest BCUT2D eigenvalue weighted by atomic mass is 35.5.